The second-order valence-corrected chi connectivity index (χ2v) is 8.07. The normalized spacial score (nSPS) is 15.3. The van der Waals surface area contributed by atoms with Crippen LogP contribution in [0.5, 0.6) is 0 Å². The monoisotopic (exact) mass is 377 g/mol. The van der Waals surface area contributed by atoms with Crippen molar-refractivity contribution in [3.63, 3.8) is 0 Å². The van der Waals surface area contributed by atoms with E-state index in [0.717, 1.165) is 42.7 Å². The number of carbonyl (C=O) groups is 1. The fourth-order valence-electron chi connectivity index (χ4n) is 3.39. The second-order valence-electron chi connectivity index (χ2n) is 8.07. The number of hydrogen-bond acceptors (Lipinski definition) is 3. The van der Waals surface area contributed by atoms with Gasteiger partial charge in [-0.15, -0.1) is 0 Å². The molecule has 0 saturated carbocycles. The van der Waals surface area contributed by atoms with E-state index >= 15 is 0 Å². The molecule has 0 bridgehead atoms. The summed E-state index contributed by atoms with van der Waals surface area (Å²) in [6.07, 6.45) is 3.32. The van der Waals surface area contributed by atoms with Gasteiger partial charge in [0, 0.05) is 11.1 Å². The number of aromatic nitrogens is 2. The third kappa shape index (κ3) is 3.88. The van der Waals surface area contributed by atoms with E-state index in [9.17, 15) is 18.7 Å². The molecule has 2 N–H and O–H groups in total. The Morgan fingerprint density at radius 3 is 2.59 bits per heavy atom. The van der Waals surface area contributed by atoms with Crippen LogP contribution in [0.4, 0.5) is 13.6 Å². The minimum atomic E-state index is -0.941. The third-order valence-electron chi connectivity index (χ3n) is 5.09. The lowest BCUT2D eigenvalue weighted by Gasteiger charge is -2.29. The highest BCUT2D eigenvalue weighted by Gasteiger charge is 2.29. The number of aliphatic hydroxyl groups is 1. The molecule has 0 aliphatic heterocycles. The van der Waals surface area contributed by atoms with Crippen LogP contribution in [0.1, 0.15) is 44.9 Å². The molecule has 0 fully saturated rings. The van der Waals surface area contributed by atoms with Crippen LogP contribution in [-0.2, 0) is 12.8 Å². The molecule has 0 spiro atoms. The lowest BCUT2D eigenvalue weighted by molar-refractivity contribution is 0.158. The highest BCUT2D eigenvalue weighted by atomic mass is 19.2. The number of benzene rings is 1. The number of rotatable bonds is 3. The van der Waals surface area contributed by atoms with Gasteiger partial charge in [0.15, 0.2) is 11.6 Å². The van der Waals surface area contributed by atoms with Crippen LogP contribution >= 0.6 is 0 Å². The first-order valence-electron chi connectivity index (χ1n) is 9.20. The van der Waals surface area contributed by atoms with Crippen molar-refractivity contribution < 1.29 is 18.7 Å². The van der Waals surface area contributed by atoms with E-state index in [4.69, 9.17) is 0 Å². The van der Waals surface area contributed by atoms with Gasteiger partial charge in [0.05, 0.1) is 24.0 Å². The van der Waals surface area contributed by atoms with Gasteiger partial charge in [-0.05, 0) is 49.3 Å². The Labute approximate surface area is 157 Å². The first kappa shape index (κ1) is 19.5. The molecule has 1 aromatic carbocycles. The Hall–Kier alpha value is -2.28. The van der Waals surface area contributed by atoms with Gasteiger partial charge in [0.25, 0.3) is 0 Å². The summed E-state index contributed by atoms with van der Waals surface area (Å²) in [5.74, 6) is -1.86. The minimum Gasteiger partial charge on any atom is -0.394 e. The van der Waals surface area contributed by atoms with Crippen LogP contribution in [-0.4, -0.2) is 33.6 Å². The van der Waals surface area contributed by atoms with E-state index in [1.165, 1.54) is 10.7 Å². The van der Waals surface area contributed by atoms with Gasteiger partial charge in [0.1, 0.15) is 0 Å². The predicted octanol–water partition coefficient (Wildman–Crippen LogP) is 3.67. The van der Waals surface area contributed by atoms with Crippen LogP contribution in [0.3, 0.4) is 0 Å². The molecule has 2 aromatic rings. The average Bonchev–Trinajstić information content (AvgIpc) is 3.00. The Kier molecular flexibility index (Phi) is 5.33. The third-order valence-corrected chi connectivity index (χ3v) is 5.09. The van der Waals surface area contributed by atoms with Gasteiger partial charge in [-0.25, -0.2) is 13.6 Å². The number of nitrogens with one attached hydrogen (secondary N) is 1. The molecule has 1 aliphatic rings. The molecule has 3 rings (SSSR count). The van der Waals surface area contributed by atoms with E-state index in [-0.39, 0.29) is 12.0 Å². The van der Waals surface area contributed by atoms with Crippen LogP contribution in [0.2, 0.25) is 0 Å². The SMILES string of the molecule is CC(C)(C)C(CO)NC(=O)n1nc(-c2ccc(F)c(F)c2)c2c1CCCC2. The van der Waals surface area contributed by atoms with E-state index in [2.05, 4.69) is 10.4 Å². The van der Waals surface area contributed by atoms with Gasteiger partial charge < -0.3 is 10.4 Å². The fourth-order valence-corrected chi connectivity index (χ4v) is 3.39. The molecular formula is C20H25F2N3O2. The first-order valence-corrected chi connectivity index (χ1v) is 9.20. The van der Waals surface area contributed by atoms with E-state index in [1.807, 2.05) is 20.8 Å². The number of amides is 1. The molecular weight excluding hydrogens is 352 g/mol. The van der Waals surface area contributed by atoms with Crippen LogP contribution < -0.4 is 5.32 Å². The summed E-state index contributed by atoms with van der Waals surface area (Å²) in [5, 5.41) is 16.9. The summed E-state index contributed by atoms with van der Waals surface area (Å²) in [5.41, 5.74) is 2.34. The number of halogens is 2. The number of nitrogens with zero attached hydrogens (tertiary/aromatic N) is 2. The zero-order valence-corrected chi connectivity index (χ0v) is 15.9. The van der Waals surface area contributed by atoms with Crippen molar-refractivity contribution in [1.29, 1.82) is 0 Å². The van der Waals surface area contributed by atoms with Crippen molar-refractivity contribution in [3.05, 3.63) is 41.1 Å². The zero-order chi connectivity index (χ0) is 19.8. The van der Waals surface area contributed by atoms with Gasteiger partial charge >= 0.3 is 6.03 Å². The molecule has 1 aliphatic carbocycles. The van der Waals surface area contributed by atoms with Crippen LogP contribution in [0, 0.1) is 17.0 Å². The fraction of sp³-hybridized carbons (Fsp3) is 0.500. The van der Waals surface area contributed by atoms with Gasteiger partial charge in [-0.2, -0.15) is 9.78 Å². The number of carbonyl (C=O) groups excluding carboxylic acids is 1. The quantitative estimate of drug-likeness (QED) is 0.858. The van der Waals surface area contributed by atoms with Crippen molar-refractivity contribution in [2.75, 3.05) is 6.61 Å². The molecule has 1 aromatic heterocycles. The summed E-state index contributed by atoms with van der Waals surface area (Å²) >= 11 is 0. The largest absolute Gasteiger partial charge is 0.394 e. The predicted molar refractivity (Wildman–Crippen MR) is 98.5 cm³/mol. The van der Waals surface area contributed by atoms with Crippen molar-refractivity contribution in [2.45, 2.75) is 52.5 Å². The molecule has 1 atom stereocenters. The molecule has 7 heteroatoms. The molecule has 1 heterocycles. The van der Waals surface area contributed by atoms with Gasteiger partial charge in [-0.3, -0.25) is 0 Å². The molecule has 0 saturated heterocycles. The molecule has 146 valence electrons. The Balaban J connectivity index is 2.00. The zero-order valence-electron chi connectivity index (χ0n) is 15.9. The van der Waals surface area contributed by atoms with Crippen molar-refractivity contribution >= 4 is 6.03 Å². The minimum absolute atomic E-state index is 0.186. The summed E-state index contributed by atoms with van der Waals surface area (Å²) < 4.78 is 28.3. The maximum absolute atomic E-state index is 13.7. The molecule has 5 nitrogen and oxygen atoms in total. The lowest BCUT2D eigenvalue weighted by Crippen LogP contribution is -2.48. The topological polar surface area (TPSA) is 67.2 Å². The Morgan fingerprint density at radius 2 is 1.96 bits per heavy atom. The number of aliphatic hydroxyl groups excluding tert-OH is 1. The smallest absolute Gasteiger partial charge is 0.342 e. The number of fused-ring (bicyclic) bond motifs is 1. The van der Waals surface area contributed by atoms with Crippen LogP contribution in [0.15, 0.2) is 18.2 Å². The average molecular weight is 377 g/mol. The first-order chi connectivity index (χ1) is 12.7. The molecule has 0 radical (unpaired) electrons. The van der Waals surface area contributed by atoms with Gasteiger partial charge in [-0.1, -0.05) is 20.8 Å². The van der Waals surface area contributed by atoms with E-state index in [1.54, 1.807) is 0 Å². The van der Waals surface area contributed by atoms with Crippen molar-refractivity contribution in [3.8, 4) is 11.3 Å². The lowest BCUT2D eigenvalue weighted by atomic mass is 9.87. The maximum atomic E-state index is 13.7. The summed E-state index contributed by atoms with van der Waals surface area (Å²) in [6, 6.07) is 2.81. The standard InChI is InChI=1S/C20H25F2N3O2/c1-20(2,3)17(11-26)23-19(27)25-16-7-5-4-6-13(16)18(24-25)12-8-9-14(21)15(22)10-12/h8-10,17,26H,4-7,11H2,1-3H3,(H,23,27). The summed E-state index contributed by atoms with van der Waals surface area (Å²) in [7, 11) is 0. The number of hydrogen-bond donors (Lipinski definition) is 2. The molecule has 1 amide bonds. The van der Waals surface area contributed by atoms with Gasteiger partial charge in [0.2, 0.25) is 0 Å². The van der Waals surface area contributed by atoms with E-state index in [0.29, 0.717) is 17.7 Å². The summed E-state index contributed by atoms with van der Waals surface area (Å²) in [6.45, 7) is 5.60. The van der Waals surface area contributed by atoms with E-state index < -0.39 is 23.7 Å². The summed E-state index contributed by atoms with van der Waals surface area (Å²) in [4.78, 5) is 12.8. The van der Waals surface area contributed by atoms with Crippen molar-refractivity contribution in [1.82, 2.24) is 15.1 Å². The highest BCUT2D eigenvalue weighted by molar-refractivity contribution is 5.79. The Bertz CT molecular complexity index is 856. The van der Waals surface area contributed by atoms with Crippen LogP contribution in [0.25, 0.3) is 11.3 Å². The van der Waals surface area contributed by atoms with Crippen molar-refractivity contribution in [2.24, 2.45) is 5.41 Å². The molecule has 1 unspecified atom stereocenters. The second kappa shape index (κ2) is 7.38. The Morgan fingerprint density at radius 1 is 1.26 bits per heavy atom. The highest BCUT2D eigenvalue weighted by Crippen LogP contribution is 2.32. The maximum Gasteiger partial charge on any atom is 0.342 e. The molecule has 27 heavy (non-hydrogen) atoms.